The van der Waals surface area contributed by atoms with Gasteiger partial charge in [-0.1, -0.05) is 0 Å². The smallest absolute Gasteiger partial charge is 0.244 e. The molecule has 0 bridgehead atoms. The number of anilines is 1. The normalized spacial score (nSPS) is 11.0. The molecular formula is C9H15N5O3S. The molecule has 1 amide bonds. The van der Waals surface area contributed by atoms with Gasteiger partial charge in [-0.3, -0.25) is 4.79 Å². The zero-order valence-corrected chi connectivity index (χ0v) is 10.6. The first-order valence-corrected chi connectivity index (χ1v) is 6.61. The predicted octanol–water partition coefficient (Wildman–Crippen LogP) is -1.22. The Hall–Kier alpha value is -1.71. The molecular weight excluding hydrogens is 258 g/mol. The average Bonchev–Trinajstić information content (AvgIpc) is 2.38. The van der Waals surface area contributed by atoms with Crippen molar-refractivity contribution in [3.63, 3.8) is 0 Å². The van der Waals surface area contributed by atoms with E-state index < -0.39 is 10.0 Å². The van der Waals surface area contributed by atoms with E-state index in [4.69, 9.17) is 5.84 Å². The van der Waals surface area contributed by atoms with E-state index in [-0.39, 0.29) is 29.6 Å². The highest BCUT2D eigenvalue weighted by molar-refractivity contribution is 7.89. The van der Waals surface area contributed by atoms with E-state index in [1.165, 1.54) is 25.4 Å². The third kappa shape index (κ3) is 3.65. The number of nitrogens with one attached hydrogen (secondary N) is 3. The molecule has 1 aromatic heterocycles. The summed E-state index contributed by atoms with van der Waals surface area (Å²) >= 11 is 0. The first-order chi connectivity index (χ1) is 8.51. The van der Waals surface area contributed by atoms with Crippen LogP contribution in [0.15, 0.2) is 23.2 Å². The summed E-state index contributed by atoms with van der Waals surface area (Å²) in [4.78, 5) is 14.7. The van der Waals surface area contributed by atoms with Crippen molar-refractivity contribution in [2.45, 2.75) is 11.3 Å². The topological polar surface area (TPSA) is 126 Å². The number of sulfonamides is 1. The molecule has 0 fully saturated rings. The van der Waals surface area contributed by atoms with Crippen molar-refractivity contribution < 1.29 is 13.2 Å². The maximum atomic E-state index is 11.9. The Morgan fingerprint density at radius 1 is 1.50 bits per heavy atom. The van der Waals surface area contributed by atoms with Crippen molar-refractivity contribution >= 4 is 21.7 Å². The van der Waals surface area contributed by atoms with Gasteiger partial charge in [0.2, 0.25) is 15.9 Å². The Bertz CT molecular complexity index is 517. The zero-order chi connectivity index (χ0) is 13.6. The molecule has 9 heteroatoms. The Morgan fingerprint density at radius 3 is 2.83 bits per heavy atom. The minimum absolute atomic E-state index is 0.000905. The summed E-state index contributed by atoms with van der Waals surface area (Å²) < 4.78 is 26.1. The van der Waals surface area contributed by atoms with Crippen LogP contribution in [0.3, 0.4) is 0 Å². The fourth-order valence-electron chi connectivity index (χ4n) is 1.22. The number of carbonyl (C=O) groups is 1. The largest absolute Gasteiger partial charge is 0.359 e. The summed E-state index contributed by atoms with van der Waals surface area (Å²) in [6.45, 7) is 0.000905. The third-order valence-electron chi connectivity index (χ3n) is 2.12. The van der Waals surface area contributed by atoms with Crippen LogP contribution in [0, 0.1) is 0 Å². The molecule has 0 aromatic carbocycles. The lowest BCUT2D eigenvalue weighted by molar-refractivity contribution is -0.120. The molecule has 1 rings (SSSR count). The van der Waals surface area contributed by atoms with Gasteiger partial charge in [0, 0.05) is 26.2 Å². The van der Waals surface area contributed by atoms with Crippen LogP contribution in [-0.4, -0.2) is 32.9 Å². The van der Waals surface area contributed by atoms with Crippen LogP contribution < -0.4 is 21.3 Å². The van der Waals surface area contributed by atoms with Crippen LogP contribution in [0.5, 0.6) is 0 Å². The fraction of sp³-hybridized carbons (Fsp3) is 0.333. The molecule has 0 saturated carbocycles. The monoisotopic (exact) mass is 273 g/mol. The number of nitrogens with zero attached hydrogens (tertiary/aromatic N) is 1. The standard InChI is InChI=1S/C9H15N5O3S/c1-11-8(15)4-6-13-18(16,17)7-3-2-5-12-9(7)14-10/h2-3,5,13H,4,6,10H2,1H3,(H,11,15)(H,12,14). The highest BCUT2D eigenvalue weighted by atomic mass is 32.2. The fourth-order valence-corrected chi connectivity index (χ4v) is 2.37. The molecule has 0 unspecified atom stereocenters. The second-order valence-corrected chi connectivity index (χ2v) is 5.05. The van der Waals surface area contributed by atoms with Gasteiger partial charge in [-0.2, -0.15) is 0 Å². The van der Waals surface area contributed by atoms with E-state index in [1.807, 2.05) is 0 Å². The number of amides is 1. The van der Waals surface area contributed by atoms with Crippen molar-refractivity contribution in [1.29, 1.82) is 0 Å². The van der Waals surface area contributed by atoms with Crippen molar-refractivity contribution in [2.75, 3.05) is 19.0 Å². The number of hydrogen-bond acceptors (Lipinski definition) is 6. The quantitative estimate of drug-likeness (QED) is 0.380. The summed E-state index contributed by atoms with van der Waals surface area (Å²) in [5.74, 6) is 4.97. The molecule has 0 atom stereocenters. The summed E-state index contributed by atoms with van der Waals surface area (Å²) in [7, 11) is -2.26. The molecule has 1 aromatic rings. The Balaban J connectivity index is 2.77. The molecule has 0 aliphatic heterocycles. The number of nitrogen functional groups attached to an aromatic ring is 1. The minimum atomic E-state index is -3.74. The lowest BCUT2D eigenvalue weighted by Gasteiger charge is -2.09. The SMILES string of the molecule is CNC(=O)CCNS(=O)(=O)c1cccnc1NN. The van der Waals surface area contributed by atoms with Crippen LogP contribution in [0.4, 0.5) is 5.82 Å². The number of carbonyl (C=O) groups excluding carboxylic acids is 1. The lowest BCUT2D eigenvalue weighted by atomic mass is 10.4. The van der Waals surface area contributed by atoms with E-state index in [2.05, 4.69) is 20.4 Å². The molecule has 18 heavy (non-hydrogen) atoms. The number of aromatic nitrogens is 1. The van der Waals surface area contributed by atoms with Gasteiger partial charge in [-0.15, -0.1) is 0 Å². The third-order valence-corrected chi connectivity index (χ3v) is 3.61. The maximum absolute atomic E-state index is 11.9. The Morgan fingerprint density at radius 2 is 2.22 bits per heavy atom. The summed E-state index contributed by atoms with van der Waals surface area (Å²) in [5, 5.41) is 2.40. The van der Waals surface area contributed by atoms with E-state index in [1.54, 1.807) is 0 Å². The van der Waals surface area contributed by atoms with Gasteiger partial charge in [0.05, 0.1) is 0 Å². The molecule has 0 saturated heterocycles. The van der Waals surface area contributed by atoms with Crippen LogP contribution in [-0.2, 0) is 14.8 Å². The van der Waals surface area contributed by atoms with Crippen molar-refractivity contribution in [3.05, 3.63) is 18.3 Å². The Labute approximate surface area is 105 Å². The zero-order valence-electron chi connectivity index (χ0n) is 9.80. The number of hydrazine groups is 1. The van der Waals surface area contributed by atoms with Gasteiger partial charge in [-0.25, -0.2) is 24.0 Å². The summed E-state index contributed by atoms with van der Waals surface area (Å²) in [5.41, 5.74) is 2.20. The second kappa shape index (κ2) is 6.28. The average molecular weight is 273 g/mol. The van der Waals surface area contributed by atoms with E-state index in [9.17, 15) is 13.2 Å². The van der Waals surface area contributed by atoms with Gasteiger partial charge < -0.3 is 10.7 Å². The van der Waals surface area contributed by atoms with E-state index >= 15 is 0 Å². The van der Waals surface area contributed by atoms with Gasteiger partial charge >= 0.3 is 0 Å². The molecule has 100 valence electrons. The molecule has 0 aliphatic carbocycles. The van der Waals surface area contributed by atoms with Crippen molar-refractivity contribution in [2.24, 2.45) is 5.84 Å². The molecule has 1 heterocycles. The van der Waals surface area contributed by atoms with Crippen LogP contribution >= 0.6 is 0 Å². The lowest BCUT2D eigenvalue weighted by Crippen LogP contribution is -2.30. The second-order valence-electron chi connectivity index (χ2n) is 3.32. The van der Waals surface area contributed by atoms with Crippen LogP contribution in [0.25, 0.3) is 0 Å². The van der Waals surface area contributed by atoms with Gasteiger partial charge in [0.15, 0.2) is 5.82 Å². The van der Waals surface area contributed by atoms with Crippen molar-refractivity contribution in [3.8, 4) is 0 Å². The van der Waals surface area contributed by atoms with Crippen LogP contribution in [0.2, 0.25) is 0 Å². The van der Waals surface area contributed by atoms with E-state index in [0.29, 0.717) is 0 Å². The van der Waals surface area contributed by atoms with Gasteiger partial charge in [-0.05, 0) is 12.1 Å². The Kier molecular flexibility index (Phi) is 5.01. The molecule has 5 N–H and O–H groups in total. The number of rotatable bonds is 6. The molecule has 0 aliphatic rings. The minimum Gasteiger partial charge on any atom is -0.359 e. The molecule has 8 nitrogen and oxygen atoms in total. The highest BCUT2D eigenvalue weighted by Gasteiger charge is 2.18. The molecule has 0 radical (unpaired) electrons. The predicted molar refractivity (Wildman–Crippen MR) is 65.9 cm³/mol. The van der Waals surface area contributed by atoms with E-state index in [0.717, 1.165) is 0 Å². The highest BCUT2D eigenvalue weighted by Crippen LogP contribution is 2.16. The number of hydrogen-bond donors (Lipinski definition) is 4. The first-order valence-electron chi connectivity index (χ1n) is 5.13. The van der Waals surface area contributed by atoms with Crippen LogP contribution in [0.1, 0.15) is 6.42 Å². The molecule has 0 spiro atoms. The number of pyridine rings is 1. The first kappa shape index (κ1) is 14.4. The summed E-state index contributed by atoms with van der Waals surface area (Å²) in [6, 6.07) is 2.85. The number of nitrogens with two attached hydrogens (primary N) is 1. The summed E-state index contributed by atoms with van der Waals surface area (Å²) in [6.07, 6.45) is 1.47. The van der Waals surface area contributed by atoms with Gasteiger partial charge in [0.25, 0.3) is 0 Å². The van der Waals surface area contributed by atoms with Gasteiger partial charge in [0.1, 0.15) is 4.90 Å². The maximum Gasteiger partial charge on any atom is 0.244 e. The van der Waals surface area contributed by atoms with Crippen molar-refractivity contribution in [1.82, 2.24) is 15.0 Å².